The monoisotopic (exact) mass is 1030 g/mol. The summed E-state index contributed by atoms with van der Waals surface area (Å²) in [5.41, 5.74) is 22.7. The molecule has 76 heavy (non-hydrogen) atoms. The topological polar surface area (TPSA) is 9.72 Å². The molecule has 7 aromatic carbocycles. The quantitative estimate of drug-likeness (QED) is 0.154. The smallest absolute Gasteiger partial charge is 0.264 e. The Labute approximate surface area is 462 Å². The molecule has 0 N–H and O–H groups in total. The predicted molar refractivity (Wildman–Crippen MR) is 337 cm³/mol. The van der Waals surface area contributed by atoms with Crippen molar-refractivity contribution in [2.24, 2.45) is 0 Å². The largest absolute Gasteiger partial charge is 0.311 e. The van der Waals surface area contributed by atoms with Gasteiger partial charge in [-0.15, -0.1) is 11.3 Å². The summed E-state index contributed by atoms with van der Waals surface area (Å²) in [7, 11) is -1.04. The summed E-state index contributed by atoms with van der Waals surface area (Å²) in [5, 5.41) is 2.81. The molecule has 2 aliphatic heterocycles. The van der Waals surface area contributed by atoms with Crippen LogP contribution in [0.25, 0.3) is 10.1 Å². The van der Waals surface area contributed by atoms with E-state index >= 15 is 0 Å². The third-order valence-corrected chi connectivity index (χ3v) is 21.6. The maximum absolute atomic E-state index is 2.73. The van der Waals surface area contributed by atoms with Gasteiger partial charge < -0.3 is 14.7 Å². The molecule has 12 rings (SSSR count). The fraction of sp³-hybridized carbons (Fsp3) is 0.371. The van der Waals surface area contributed by atoms with Gasteiger partial charge in [-0.05, 0) is 181 Å². The van der Waals surface area contributed by atoms with Crippen LogP contribution in [0.5, 0.6) is 0 Å². The lowest BCUT2D eigenvalue weighted by atomic mass is 9.35. The molecule has 0 unspecified atom stereocenters. The Balaban J connectivity index is 1.25. The summed E-state index contributed by atoms with van der Waals surface area (Å²) in [5.74, 6) is 0. The van der Waals surface area contributed by atoms with Gasteiger partial charge >= 0.3 is 0 Å². The van der Waals surface area contributed by atoms with Gasteiger partial charge in [-0.1, -0.05) is 176 Å². The number of rotatable bonds is 6. The van der Waals surface area contributed by atoms with Gasteiger partial charge in [0, 0.05) is 54.7 Å². The summed E-state index contributed by atoms with van der Waals surface area (Å²) in [4.78, 5) is 7.95. The first-order valence-corrected chi connectivity index (χ1v) is 32.2. The van der Waals surface area contributed by atoms with Crippen LogP contribution in [0.4, 0.5) is 51.2 Å². The first kappa shape index (κ1) is 51.0. The van der Waals surface area contributed by atoms with Crippen LogP contribution in [-0.4, -0.2) is 15.5 Å². The zero-order valence-corrected chi connectivity index (χ0v) is 50.5. The molecule has 0 saturated carbocycles. The summed E-state index contributed by atoms with van der Waals surface area (Å²) in [6, 6.07) is 55.8. The van der Waals surface area contributed by atoms with Crippen LogP contribution in [0.3, 0.4) is 0 Å². The fourth-order valence-electron chi connectivity index (χ4n) is 13.5. The minimum atomic E-state index is -1.04. The summed E-state index contributed by atoms with van der Waals surface area (Å²) >= 11 is 2.02. The van der Waals surface area contributed by atoms with Crippen molar-refractivity contribution in [1.29, 1.82) is 0 Å². The van der Waals surface area contributed by atoms with E-state index in [4.69, 9.17) is 0 Å². The van der Waals surface area contributed by atoms with E-state index in [-0.39, 0.29) is 39.2 Å². The van der Waals surface area contributed by atoms with Crippen LogP contribution in [0.15, 0.2) is 140 Å². The van der Waals surface area contributed by atoms with Crippen LogP contribution < -0.4 is 35.6 Å². The van der Waals surface area contributed by atoms with Crippen molar-refractivity contribution in [3.63, 3.8) is 0 Å². The molecule has 0 fully saturated rings. The maximum atomic E-state index is 2.73. The standard InChI is InChI=1S/C70H80BN3SSi/c1-65(2,3)44-22-25-48(26-23-44)74-60-41-50(72(46-20-18-17-19-21-46)47-27-30-51(31-28-47)76(15)16)40-59-62(60)71(64-63(74)52-38-45(66(4,5)6)24-33-61(52)75-64)57-42-55-56(70(13,14)37-36-69(55,11)12)43-58(57)73(59)49-29-32-53-54(39-49)68(9,10)35-34-67(53,7)8/h17-33,38-43,76H,34-37H2,1-16H3. The minimum absolute atomic E-state index is 0.000449. The van der Waals surface area contributed by atoms with Crippen LogP contribution >= 0.6 is 11.3 Å². The van der Waals surface area contributed by atoms with Crippen molar-refractivity contribution in [1.82, 2.24) is 0 Å². The average molecular weight is 1030 g/mol. The minimum Gasteiger partial charge on any atom is -0.311 e. The summed E-state index contributed by atoms with van der Waals surface area (Å²) in [6.07, 6.45) is 4.67. The van der Waals surface area contributed by atoms with Crippen molar-refractivity contribution in [2.75, 3.05) is 14.7 Å². The number of hydrogen-bond acceptors (Lipinski definition) is 4. The molecule has 8 aromatic rings. The van der Waals surface area contributed by atoms with E-state index in [1.165, 1.54) is 117 Å². The summed E-state index contributed by atoms with van der Waals surface area (Å²) < 4.78 is 2.77. The molecule has 0 radical (unpaired) electrons. The molecule has 0 bridgehead atoms. The van der Waals surface area contributed by atoms with E-state index in [0.29, 0.717) is 0 Å². The Morgan fingerprint density at radius 3 is 1.61 bits per heavy atom. The van der Waals surface area contributed by atoms with Gasteiger partial charge in [0.2, 0.25) is 0 Å². The predicted octanol–water partition coefficient (Wildman–Crippen LogP) is 17.4. The Hall–Kier alpha value is -5.82. The van der Waals surface area contributed by atoms with E-state index in [9.17, 15) is 0 Å². The van der Waals surface area contributed by atoms with Crippen LogP contribution in [-0.2, 0) is 32.5 Å². The lowest BCUT2D eigenvalue weighted by molar-refractivity contribution is 0.332. The van der Waals surface area contributed by atoms with Gasteiger partial charge in [-0.2, -0.15) is 0 Å². The number of hydrogen-bond donors (Lipinski definition) is 0. The number of thiophene rings is 1. The molecule has 6 heteroatoms. The van der Waals surface area contributed by atoms with Crippen molar-refractivity contribution in [3.8, 4) is 0 Å². The Bertz CT molecular complexity index is 3600. The zero-order chi connectivity index (χ0) is 53.8. The second kappa shape index (κ2) is 17.3. The van der Waals surface area contributed by atoms with Gasteiger partial charge in [0.15, 0.2) is 0 Å². The highest BCUT2D eigenvalue weighted by atomic mass is 32.1. The first-order valence-electron chi connectivity index (χ1n) is 28.5. The van der Waals surface area contributed by atoms with Gasteiger partial charge in [0.1, 0.15) is 0 Å². The van der Waals surface area contributed by atoms with Crippen molar-refractivity contribution < 1.29 is 0 Å². The Morgan fingerprint density at radius 1 is 0.487 bits per heavy atom. The fourth-order valence-corrected chi connectivity index (χ4v) is 15.8. The molecular formula is C70H80BN3SSi. The number of fused-ring (bicyclic) bond motifs is 8. The second-order valence-corrected chi connectivity index (χ2v) is 32.3. The van der Waals surface area contributed by atoms with Crippen LogP contribution in [0.2, 0.25) is 13.1 Å². The highest BCUT2D eigenvalue weighted by Crippen LogP contribution is 2.55. The van der Waals surface area contributed by atoms with E-state index in [2.05, 4.69) is 264 Å². The maximum Gasteiger partial charge on any atom is 0.264 e. The molecule has 1 aromatic heterocycles. The van der Waals surface area contributed by atoms with Gasteiger partial charge in [0.05, 0.1) is 20.2 Å². The number of para-hydroxylation sites is 1. The lowest BCUT2D eigenvalue weighted by Crippen LogP contribution is -2.61. The average Bonchev–Trinajstić information content (AvgIpc) is 3.77. The van der Waals surface area contributed by atoms with Crippen LogP contribution in [0, 0.1) is 0 Å². The number of anilines is 9. The highest BCUT2D eigenvalue weighted by molar-refractivity contribution is 7.33. The Morgan fingerprint density at radius 2 is 1.01 bits per heavy atom. The molecule has 3 heterocycles. The summed E-state index contributed by atoms with van der Waals surface area (Å²) in [6.45, 7) is 38.8. The van der Waals surface area contributed by atoms with E-state index in [1.807, 2.05) is 11.3 Å². The molecule has 0 atom stereocenters. The first-order chi connectivity index (χ1) is 35.7. The normalized spacial score (nSPS) is 17.7. The van der Waals surface area contributed by atoms with Gasteiger partial charge in [-0.25, -0.2) is 0 Å². The Kier molecular flexibility index (Phi) is 11.6. The number of benzene rings is 7. The lowest BCUT2D eigenvalue weighted by Gasteiger charge is -2.48. The molecule has 388 valence electrons. The van der Waals surface area contributed by atoms with E-state index < -0.39 is 8.80 Å². The zero-order valence-electron chi connectivity index (χ0n) is 48.5. The van der Waals surface area contributed by atoms with Crippen molar-refractivity contribution >= 4 is 109 Å². The van der Waals surface area contributed by atoms with E-state index in [1.54, 1.807) is 0 Å². The van der Waals surface area contributed by atoms with E-state index in [0.717, 1.165) is 24.2 Å². The molecule has 3 nitrogen and oxygen atoms in total. The van der Waals surface area contributed by atoms with Crippen LogP contribution in [0.1, 0.15) is 156 Å². The SMILES string of the molecule is C[SiH](C)c1ccc(N(c2ccccc2)c2cc3c4c(c2)N(c2ccc(C(C)(C)C)cc2)c2c(sc5ccc(C(C)(C)C)cc25)B4c2cc4c(cc2N3c2ccc3c(c2)C(C)(C)CCC3(C)C)C(C)(C)CCC4(C)C)cc1. The highest BCUT2D eigenvalue weighted by Gasteiger charge is 2.49. The molecule has 0 saturated heterocycles. The second-order valence-electron chi connectivity index (χ2n) is 28.2. The molecule has 0 amide bonds. The van der Waals surface area contributed by atoms with Crippen molar-refractivity contribution in [2.45, 2.75) is 168 Å². The molecule has 0 spiro atoms. The van der Waals surface area contributed by atoms with Gasteiger partial charge in [0.25, 0.3) is 6.71 Å². The third-order valence-electron chi connectivity index (χ3n) is 18.7. The molecular weight excluding hydrogens is 954 g/mol. The number of nitrogens with zero attached hydrogens (tertiary/aromatic N) is 3. The molecule has 4 aliphatic rings. The molecule has 2 aliphatic carbocycles. The third kappa shape index (κ3) is 8.16. The van der Waals surface area contributed by atoms with Crippen molar-refractivity contribution in [3.05, 3.63) is 173 Å². The van der Waals surface area contributed by atoms with Gasteiger partial charge in [-0.3, -0.25) is 0 Å².